The first-order valence-corrected chi connectivity index (χ1v) is 9.62. The summed E-state index contributed by atoms with van der Waals surface area (Å²) in [5.41, 5.74) is 0.814. The van der Waals surface area contributed by atoms with Crippen molar-refractivity contribution in [3.63, 3.8) is 0 Å². The lowest BCUT2D eigenvalue weighted by atomic mass is 10.2. The van der Waals surface area contributed by atoms with Crippen molar-refractivity contribution >= 4 is 11.6 Å². The number of carbonyl (C=O) groups is 1. The van der Waals surface area contributed by atoms with Gasteiger partial charge in [0.25, 0.3) is 0 Å². The minimum absolute atomic E-state index is 0.0119. The van der Waals surface area contributed by atoms with Crippen molar-refractivity contribution in [3.05, 3.63) is 42.5 Å². The Balaban J connectivity index is 1.66. The summed E-state index contributed by atoms with van der Waals surface area (Å²) in [4.78, 5) is 20.6. The van der Waals surface area contributed by atoms with Gasteiger partial charge in [0.1, 0.15) is 12.4 Å². The summed E-state index contributed by atoms with van der Waals surface area (Å²) in [6, 6.07) is 6.83. The van der Waals surface area contributed by atoms with Gasteiger partial charge in [0.15, 0.2) is 5.75 Å². The number of nitrogens with zero attached hydrogens (tertiary/aromatic N) is 3. The van der Waals surface area contributed by atoms with E-state index in [2.05, 4.69) is 15.3 Å². The van der Waals surface area contributed by atoms with E-state index in [-0.39, 0.29) is 30.4 Å². The molecule has 31 heavy (non-hydrogen) atoms. The van der Waals surface area contributed by atoms with Crippen LogP contribution in [-0.4, -0.2) is 61.4 Å². The molecule has 0 aliphatic carbocycles. The molecule has 0 spiro atoms. The normalized spacial score (nSPS) is 18.8. The van der Waals surface area contributed by atoms with Crippen molar-refractivity contribution in [1.29, 1.82) is 0 Å². The average Bonchev–Trinajstić information content (AvgIpc) is 3.15. The molecule has 0 bridgehead atoms. The Morgan fingerprint density at radius 2 is 1.97 bits per heavy atom. The zero-order valence-corrected chi connectivity index (χ0v) is 17.1. The first-order valence-electron chi connectivity index (χ1n) is 9.62. The summed E-state index contributed by atoms with van der Waals surface area (Å²) in [7, 11) is 1.58. The molecule has 1 N–H and O–H groups in total. The number of hydrogen-bond acceptors (Lipinski definition) is 7. The van der Waals surface area contributed by atoms with Crippen molar-refractivity contribution in [1.82, 2.24) is 15.3 Å². The first-order chi connectivity index (χ1) is 14.8. The van der Waals surface area contributed by atoms with Crippen LogP contribution in [0.2, 0.25) is 0 Å². The Morgan fingerprint density at radius 1 is 1.23 bits per heavy atom. The molecule has 1 amide bonds. The van der Waals surface area contributed by atoms with E-state index in [1.807, 2.05) is 17.9 Å². The largest absolute Gasteiger partial charge is 0.454 e. The number of rotatable bonds is 8. The van der Waals surface area contributed by atoms with Gasteiger partial charge >= 0.3 is 6.18 Å². The van der Waals surface area contributed by atoms with Gasteiger partial charge in [0, 0.05) is 38.6 Å². The van der Waals surface area contributed by atoms with E-state index in [9.17, 15) is 18.0 Å². The number of ether oxygens (including phenoxy) is 3. The van der Waals surface area contributed by atoms with Gasteiger partial charge in [0.05, 0.1) is 24.5 Å². The SMILES string of the molecule is CCOCC(=O)N[C@@H]1CN(c2cccc(Oc3cnc(C(F)(F)F)nc3)c2)C[C@@H]1OC. The third-order valence-electron chi connectivity index (χ3n) is 4.65. The van der Waals surface area contributed by atoms with Gasteiger partial charge in [-0.2, -0.15) is 13.2 Å². The molecular formula is C20H23F3N4O4. The second-order valence-corrected chi connectivity index (χ2v) is 6.83. The van der Waals surface area contributed by atoms with Crippen LogP contribution in [0.1, 0.15) is 12.7 Å². The van der Waals surface area contributed by atoms with Crippen LogP contribution in [-0.2, 0) is 20.4 Å². The quantitative estimate of drug-likeness (QED) is 0.676. The van der Waals surface area contributed by atoms with Crippen molar-refractivity contribution in [2.75, 3.05) is 38.3 Å². The highest BCUT2D eigenvalue weighted by Gasteiger charge is 2.35. The fourth-order valence-corrected chi connectivity index (χ4v) is 3.20. The maximum Gasteiger partial charge on any atom is 0.451 e. The number of methoxy groups -OCH3 is 1. The number of benzene rings is 1. The number of halogens is 3. The molecular weight excluding hydrogens is 417 g/mol. The maximum atomic E-state index is 12.6. The van der Waals surface area contributed by atoms with Gasteiger partial charge in [-0.3, -0.25) is 4.79 Å². The molecule has 2 aromatic rings. The number of amides is 1. The van der Waals surface area contributed by atoms with E-state index >= 15 is 0 Å². The fourth-order valence-electron chi connectivity index (χ4n) is 3.20. The van der Waals surface area contributed by atoms with Crippen LogP contribution in [0, 0.1) is 0 Å². The van der Waals surface area contributed by atoms with Gasteiger partial charge < -0.3 is 24.4 Å². The van der Waals surface area contributed by atoms with E-state index < -0.39 is 12.0 Å². The lowest BCUT2D eigenvalue weighted by Gasteiger charge is -2.19. The van der Waals surface area contributed by atoms with Gasteiger partial charge in [-0.05, 0) is 19.1 Å². The second-order valence-electron chi connectivity index (χ2n) is 6.83. The second kappa shape index (κ2) is 9.92. The fraction of sp³-hybridized carbons (Fsp3) is 0.450. The van der Waals surface area contributed by atoms with Crippen LogP contribution in [0.25, 0.3) is 0 Å². The zero-order chi connectivity index (χ0) is 22.4. The molecule has 1 fully saturated rings. The maximum absolute atomic E-state index is 12.6. The molecule has 1 aliphatic heterocycles. The molecule has 1 aromatic carbocycles. The number of nitrogens with one attached hydrogen (secondary N) is 1. The molecule has 8 nitrogen and oxygen atoms in total. The molecule has 2 heterocycles. The van der Waals surface area contributed by atoms with Crippen LogP contribution in [0.15, 0.2) is 36.7 Å². The molecule has 1 saturated heterocycles. The summed E-state index contributed by atoms with van der Waals surface area (Å²) in [6.07, 6.45) is -2.87. The third-order valence-corrected chi connectivity index (χ3v) is 4.65. The Labute approximate surface area is 177 Å². The predicted molar refractivity (Wildman–Crippen MR) is 105 cm³/mol. The minimum Gasteiger partial charge on any atom is -0.454 e. The summed E-state index contributed by atoms with van der Waals surface area (Å²) >= 11 is 0. The third kappa shape index (κ3) is 6.05. The molecule has 1 aliphatic rings. The van der Waals surface area contributed by atoms with Crippen molar-refractivity contribution in [2.24, 2.45) is 0 Å². The smallest absolute Gasteiger partial charge is 0.451 e. The van der Waals surface area contributed by atoms with E-state index in [0.717, 1.165) is 18.1 Å². The van der Waals surface area contributed by atoms with Gasteiger partial charge in [0.2, 0.25) is 11.7 Å². The first kappa shape index (κ1) is 22.8. The van der Waals surface area contributed by atoms with Crippen LogP contribution >= 0.6 is 0 Å². The van der Waals surface area contributed by atoms with E-state index in [1.54, 1.807) is 25.3 Å². The summed E-state index contributed by atoms with van der Waals surface area (Å²) < 4.78 is 54.0. The molecule has 0 unspecified atom stereocenters. The lowest BCUT2D eigenvalue weighted by molar-refractivity contribution is -0.145. The molecule has 0 radical (unpaired) electrons. The van der Waals surface area contributed by atoms with Gasteiger partial charge in [-0.15, -0.1) is 0 Å². The van der Waals surface area contributed by atoms with E-state index in [4.69, 9.17) is 14.2 Å². The van der Waals surface area contributed by atoms with Crippen LogP contribution in [0.4, 0.5) is 18.9 Å². The van der Waals surface area contributed by atoms with Gasteiger partial charge in [-0.1, -0.05) is 6.07 Å². The topological polar surface area (TPSA) is 85.8 Å². The van der Waals surface area contributed by atoms with E-state index in [0.29, 0.717) is 25.4 Å². The molecule has 3 rings (SSSR count). The highest BCUT2D eigenvalue weighted by Crippen LogP contribution is 2.30. The summed E-state index contributed by atoms with van der Waals surface area (Å²) in [6.45, 7) is 3.32. The number of anilines is 1. The minimum atomic E-state index is -4.61. The predicted octanol–water partition coefficient (Wildman–Crippen LogP) is 2.64. The Morgan fingerprint density at radius 3 is 2.61 bits per heavy atom. The van der Waals surface area contributed by atoms with Crippen LogP contribution in [0.3, 0.4) is 0 Å². The number of aromatic nitrogens is 2. The summed E-state index contributed by atoms with van der Waals surface area (Å²) in [5, 5.41) is 2.92. The van der Waals surface area contributed by atoms with Crippen molar-refractivity contribution in [2.45, 2.75) is 25.2 Å². The lowest BCUT2D eigenvalue weighted by Crippen LogP contribution is -2.45. The van der Waals surface area contributed by atoms with Crippen LogP contribution in [0.5, 0.6) is 11.5 Å². The highest BCUT2D eigenvalue weighted by molar-refractivity contribution is 5.77. The Hall–Kier alpha value is -2.92. The van der Waals surface area contributed by atoms with E-state index in [1.165, 1.54) is 0 Å². The molecule has 11 heteroatoms. The summed E-state index contributed by atoms with van der Waals surface area (Å²) in [5.74, 6) is -0.940. The number of hydrogen-bond donors (Lipinski definition) is 1. The Kier molecular flexibility index (Phi) is 7.29. The standard InChI is InChI=1S/C20H23F3N4O4/c1-3-30-12-18(28)26-16-10-27(11-17(16)29-2)13-5-4-6-14(7-13)31-15-8-24-19(25-9-15)20(21,22)23/h4-9,16-17H,3,10-12H2,1-2H3,(H,26,28)/t16-,17+/m1/s1. The van der Waals surface area contributed by atoms with Gasteiger partial charge in [-0.25, -0.2) is 9.97 Å². The number of alkyl halides is 3. The van der Waals surface area contributed by atoms with Crippen molar-refractivity contribution < 1.29 is 32.2 Å². The molecule has 1 aromatic heterocycles. The molecule has 168 valence electrons. The molecule has 0 saturated carbocycles. The Bertz CT molecular complexity index is 879. The van der Waals surface area contributed by atoms with Crippen molar-refractivity contribution in [3.8, 4) is 11.5 Å². The van der Waals surface area contributed by atoms with Crippen LogP contribution < -0.4 is 15.0 Å². The number of carbonyl (C=O) groups excluding carboxylic acids is 1. The highest BCUT2D eigenvalue weighted by atomic mass is 19.4. The average molecular weight is 440 g/mol. The molecule has 2 atom stereocenters. The monoisotopic (exact) mass is 440 g/mol. The zero-order valence-electron chi connectivity index (χ0n) is 17.1.